The molecule has 0 bridgehead atoms. The number of rotatable bonds is 2. The number of aromatic amines is 1. The number of hydrogen-bond donors (Lipinski definition) is 1. The van der Waals surface area contributed by atoms with Crippen LogP contribution in [0.5, 0.6) is 0 Å². The first-order valence-electron chi connectivity index (χ1n) is 4.58. The number of aryl methyl sites for hydroxylation is 1. The highest BCUT2D eigenvalue weighted by molar-refractivity contribution is 5.55. The molecule has 0 amide bonds. The Kier molecular flexibility index (Phi) is 2.23. The second-order valence-electron chi connectivity index (χ2n) is 3.28. The summed E-state index contributed by atoms with van der Waals surface area (Å²) in [6, 6.07) is 10.1. The van der Waals surface area contributed by atoms with E-state index in [1.54, 1.807) is 0 Å². The molecule has 1 heterocycles. The maximum absolute atomic E-state index is 4.26. The van der Waals surface area contributed by atoms with Gasteiger partial charge >= 0.3 is 0 Å². The quantitative estimate of drug-likeness (QED) is 0.783. The Morgan fingerprint density at radius 3 is 2.50 bits per heavy atom. The van der Waals surface area contributed by atoms with Crippen molar-refractivity contribution >= 4 is 11.6 Å². The Morgan fingerprint density at radius 1 is 1.21 bits per heavy atom. The van der Waals surface area contributed by atoms with Crippen LogP contribution < -0.4 is 4.90 Å². The van der Waals surface area contributed by atoms with Gasteiger partial charge in [0.05, 0.1) is 0 Å². The first kappa shape index (κ1) is 8.81. The minimum absolute atomic E-state index is 0.869. The van der Waals surface area contributed by atoms with Crippen LogP contribution in [0.2, 0.25) is 0 Å². The maximum atomic E-state index is 4.26. The van der Waals surface area contributed by atoms with Crippen LogP contribution in [-0.2, 0) is 0 Å². The van der Waals surface area contributed by atoms with Crippen molar-refractivity contribution in [3.8, 4) is 0 Å². The molecule has 0 radical (unpaired) electrons. The largest absolute Gasteiger partial charge is 0.328 e. The van der Waals surface area contributed by atoms with Crippen molar-refractivity contribution in [2.75, 3.05) is 11.9 Å². The molecule has 2 rings (SSSR count). The summed E-state index contributed by atoms with van der Waals surface area (Å²) in [6.07, 6.45) is 1.83. The molecule has 0 spiro atoms. The molecular formula is C11H13N3. The van der Waals surface area contributed by atoms with Gasteiger partial charge in [-0.3, -0.25) is 0 Å². The molecule has 0 aliphatic carbocycles. The number of nitrogens with one attached hydrogen (secondary N) is 1. The molecule has 3 nitrogen and oxygen atoms in total. The van der Waals surface area contributed by atoms with E-state index in [1.807, 2.05) is 43.3 Å². The van der Waals surface area contributed by atoms with Gasteiger partial charge in [0.15, 0.2) is 0 Å². The van der Waals surface area contributed by atoms with Crippen LogP contribution in [-0.4, -0.2) is 17.0 Å². The summed E-state index contributed by atoms with van der Waals surface area (Å²) in [4.78, 5) is 9.47. The van der Waals surface area contributed by atoms with E-state index in [2.05, 4.69) is 22.1 Å². The highest BCUT2D eigenvalue weighted by Gasteiger charge is 2.05. The number of imidazole rings is 1. The minimum atomic E-state index is 0.869. The lowest BCUT2D eigenvalue weighted by atomic mass is 10.3. The van der Waals surface area contributed by atoms with Crippen molar-refractivity contribution in [2.45, 2.75) is 6.92 Å². The summed E-state index contributed by atoms with van der Waals surface area (Å²) >= 11 is 0. The molecule has 0 aliphatic heterocycles. The number of hydrogen-bond acceptors (Lipinski definition) is 2. The third-order valence-corrected chi connectivity index (χ3v) is 2.15. The molecule has 0 atom stereocenters. The molecule has 0 aliphatic rings. The Morgan fingerprint density at radius 2 is 1.93 bits per heavy atom. The van der Waals surface area contributed by atoms with Crippen LogP contribution in [0.15, 0.2) is 36.5 Å². The molecule has 0 fully saturated rings. The molecular weight excluding hydrogens is 174 g/mol. The minimum Gasteiger partial charge on any atom is -0.328 e. The topological polar surface area (TPSA) is 31.9 Å². The average molecular weight is 187 g/mol. The van der Waals surface area contributed by atoms with E-state index < -0.39 is 0 Å². The number of anilines is 2. The molecule has 1 N–H and O–H groups in total. The van der Waals surface area contributed by atoms with Crippen LogP contribution in [0.4, 0.5) is 11.6 Å². The number of para-hydroxylation sites is 1. The lowest BCUT2D eigenvalue weighted by Crippen LogP contribution is -2.10. The molecule has 3 heteroatoms. The number of aromatic nitrogens is 2. The molecule has 14 heavy (non-hydrogen) atoms. The fraction of sp³-hybridized carbons (Fsp3) is 0.182. The lowest BCUT2D eigenvalue weighted by Gasteiger charge is -2.15. The van der Waals surface area contributed by atoms with Crippen molar-refractivity contribution in [1.29, 1.82) is 0 Å². The van der Waals surface area contributed by atoms with Gasteiger partial charge < -0.3 is 9.88 Å². The number of H-pyrrole nitrogens is 1. The predicted octanol–water partition coefficient (Wildman–Crippen LogP) is 2.49. The fourth-order valence-electron chi connectivity index (χ4n) is 1.34. The fourth-order valence-corrected chi connectivity index (χ4v) is 1.34. The van der Waals surface area contributed by atoms with Gasteiger partial charge in [0.2, 0.25) is 5.95 Å². The van der Waals surface area contributed by atoms with Crippen molar-refractivity contribution in [3.63, 3.8) is 0 Å². The maximum Gasteiger partial charge on any atom is 0.207 e. The first-order chi connectivity index (χ1) is 6.77. The third-order valence-electron chi connectivity index (χ3n) is 2.15. The summed E-state index contributed by atoms with van der Waals surface area (Å²) in [7, 11) is 1.99. The van der Waals surface area contributed by atoms with Gasteiger partial charge in [-0.2, -0.15) is 0 Å². The Balaban J connectivity index is 2.29. The molecule has 0 saturated heterocycles. The van der Waals surface area contributed by atoms with Gasteiger partial charge in [0.1, 0.15) is 0 Å². The van der Waals surface area contributed by atoms with Crippen LogP contribution >= 0.6 is 0 Å². The first-order valence-corrected chi connectivity index (χ1v) is 4.58. The van der Waals surface area contributed by atoms with Gasteiger partial charge in [-0.05, 0) is 19.1 Å². The van der Waals surface area contributed by atoms with Crippen molar-refractivity contribution in [1.82, 2.24) is 9.97 Å². The SMILES string of the molecule is Cc1cnc(N(C)c2ccccc2)[nH]1. The summed E-state index contributed by atoms with van der Waals surface area (Å²) < 4.78 is 0. The molecule has 0 saturated carbocycles. The van der Waals surface area contributed by atoms with Gasteiger partial charge in [-0.1, -0.05) is 18.2 Å². The Labute approximate surface area is 83.4 Å². The number of nitrogens with zero attached hydrogens (tertiary/aromatic N) is 2. The standard InChI is InChI=1S/C11H13N3/c1-9-8-12-11(13-9)14(2)10-6-4-3-5-7-10/h3-8H,1-2H3,(H,12,13). The van der Waals surface area contributed by atoms with Crippen LogP contribution in [0, 0.1) is 6.92 Å². The lowest BCUT2D eigenvalue weighted by molar-refractivity contribution is 1.09. The zero-order valence-electron chi connectivity index (χ0n) is 8.36. The highest BCUT2D eigenvalue weighted by Crippen LogP contribution is 2.19. The van der Waals surface area contributed by atoms with Gasteiger partial charge in [-0.15, -0.1) is 0 Å². The van der Waals surface area contributed by atoms with Gasteiger partial charge in [-0.25, -0.2) is 4.98 Å². The van der Waals surface area contributed by atoms with E-state index in [4.69, 9.17) is 0 Å². The van der Waals surface area contributed by atoms with Crippen molar-refractivity contribution in [3.05, 3.63) is 42.2 Å². The smallest absolute Gasteiger partial charge is 0.207 e. The molecule has 72 valence electrons. The third kappa shape index (κ3) is 1.62. The van der Waals surface area contributed by atoms with Gasteiger partial charge in [0, 0.05) is 24.6 Å². The van der Waals surface area contributed by atoms with Crippen LogP contribution in [0.25, 0.3) is 0 Å². The zero-order chi connectivity index (χ0) is 9.97. The molecule has 0 unspecified atom stereocenters. The number of benzene rings is 1. The highest BCUT2D eigenvalue weighted by atomic mass is 15.2. The summed E-state index contributed by atoms with van der Waals surface area (Å²) in [5.74, 6) is 0.869. The Hall–Kier alpha value is -1.77. The predicted molar refractivity (Wildman–Crippen MR) is 57.8 cm³/mol. The van der Waals surface area contributed by atoms with Crippen LogP contribution in [0.1, 0.15) is 5.69 Å². The molecule has 1 aromatic heterocycles. The molecule has 2 aromatic rings. The molecule has 1 aromatic carbocycles. The summed E-state index contributed by atoms with van der Waals surface area (Å²) in [6.45, 7) is 2.00. The Bertz CT molecular complexity index is 405. The van der Waals surface area contributed by atoms with E-state index in [-0.39, 0.29) is 0 Å². The van der Waals surface area contributed by atoms with Crippen molar-refractivity contribution < 1.29 is 0 Å². The summed E-state index contributed by atoms with van der Waals surface area (Å²) in [5.41, 5.74) is 2.20. The van der Waals surface area contributed by atoms with E-state index in [9.17, 15) is 0 Å². The van der Waals surface area contributed by atoms with E-state index in [0.717, 1.165) is 17.3 Å². The van der Waals surface area contributed by atoms with Crippen LogP contribution in [0.3, 0.4) is 0 Å². The van der Waals surface area contributed by atoms with E-state index in [1.165, 1.54) is 0 Å². The van der Waals surface area contributed by atoms with Gasteiger partial charge in [0.25, 0.3) is 0 Å². The summed E-state index contributed by atoms with van der Waals surface area (Å²) in [5, 5.41) is 0. The average Bonchev–Trinajstić information content (AvgIpc) is 2.65. The second kappa shape index (κ2) is 3.54. The monoisotopic (exact) mass is 187 g/mol. The second-order valence-corrected chi connectivity index (χ2v) is 3.28. The van der Waals surface area contributed by atoms with E-state index >= 15 is 0 Å². The van der Waals surface area contributed by atoms with Crippen molar-refractivity contribution in [2.24, 2.45) is 0 Å². The zero-order valence-corrected chi connectivity index (χ0v) is 8.36. The van der Waals surface area contributed by atoms with E-state index in [0.29, 0.717) is 0 Å². The normalized spacial score (nSPS) is 10.1.